The molecule has 0 aliphatic rings. The van der Waals surface area contributed by atoms with Crippen molar-refractivity contribution in [3.63, 3.8) is 0 Å². The Bertz CT molecular complexity index is 991. The lowest BCUT2D eigenvalue weighted by atomic mass is 10.1. The average molecular weight is 382 g/mol. The van der Waals surface area contributed by atoms with Gasteiger partial charge in [-0.05, 0) is 48.5 Å². The molecule has 0 unspecified atom stereocenters. The molecule has 0 spiro atoms. The van der Waals surface area contributed by atoms with E-state index in [9.17, 15) is 18.4 Å². The van der Waals surface area contributed by atoms with Crippen molar-refractivity contribution in [1.82, 2.24) is 0 Å². The van der Waals surface area contributed by atoms with Crippen LogP contribution in [0.15, 0.2) is 72.8 Å². The Morgan fingerprint density at radius 2 is 1.50 bits per heavy atom. The van der Waals surface area contributed by atoms with E-state index in [0.717, 1.165) is 0 Å². The molecule has 0 fully saturated rings. The molecular formula is C21H16F2N2O3. The van der Waals surface area contributed by atoms with E-state index in [1.54, 1.807) is 24.3 Å². The molecular weight excluding hydrogens is 366 g/mol. The van der Waals surface area contributed by atoms with Crippen LogP contribution >= 0.6 is 0 Å². The first-order chi connectivity index (χ1) is 13.5. The molecule has 0 aliphatic carbocycles. The Morgan fingerprint density at radius 3 is 2.25 bits per heavy atom. The van der Waals surface area contributed by atoms with Crippen LogP contribution in [0.3, 0.4) is 0 Å². The van der Waals surface area contributed by atoms with Gasteiger partial charge in [0.1, 0.15) is 5.82 Å². The normalized spacial score (nSPS) is 10.2. The number of amides is 2. The van der Waals surface area contributed by atoms with Crippen molar-refractivity contribution in [2.45, 2.75) is 0 Å². The van der Waals surface area contributed by atoms with Crippen molar-refractivity contribution in [1.29, 1.82) is 0 Å². The minimum atomic E-state index is -0.575. The standard InChI is InChI=1S/C21H16F2N2O3/c22-14-9-11-15(12-10-14)24-21(27)16-5-1-3-7-18(16)25-20(26)13-28-19-8-4-2-6-17(19)23/h1-12H,13H2,(H,24,27)(H,25,26). The second-order valence-corrected chi connectivity index (χ2v) is 5.77. The Morgan fingerprint density at radius 1 is 0.821 bits per heavy atom. The van der Waals surface area contributed by atoms with Gasteiger partial charge >= 0.3 is 0 Å². The lowest BCUT2D eigenvalue weighted by Gasteiger charge is -2.12. The molecule has 142 valence electrons. The number of carbonyl (C=O) groups is 2. The molecule has 0 bridgehead atoms. The van der Waals surface area contributed by atoms with Crippen molar-refractivity contribution in [2.24, 2.45) is 0 Å². The molecule has 2 amide bonds. The number of carbonyl (C=O) groups excluding carboxylic acids is 2. The highest BCUT2D eigenvalue weighted by molar-refractivity contribution is 6.10. The summed E-state index contributed by atoms with van der Waals surface area (Å²) in [5, 5.41) is 5.20. The van der Waals surface area contributed by atoms with Gasteiger partial charge in [0.2, 0.25) is 0 Å². The third-order valence-electron chi connectivity index (χ3n) is 3.74. The van der Waals surface area contributed by atoms with Gasteiger partial charge in [-0.1, -0.05) is 24.3 Å². The van der Waals surface area contributed by atoms with Gasteiger partial charge in [0, 0.05) is 5.69 Å². The maximum atomic E-state index is 13.5. The van der Waals surface area contributed by atoms with Crippen LogP contribution in [-0.2, 0) is 4.79 Å². The van der Waals surface area contributed by atoms with Gasteiger partial charge in [0.15, 0.2) is 18.2 Å². The second kappa shape index (κ2) is 8.77. The molecule has 3 aromatic carbocycles. The SMILES string of the molecule is O=C(COc1ccccc1F)Nc1ccccc1C(=O)Nc1ccc(F)cc1. The number of ether oxygens (including phenoxy) is 1. The number of nitrogens with one attached hydrogen (secondary N) is 2. The van der Waals surface area contributed by atoms with Crippen LogP contribution in [0.5, 0.6) is 5.75 Å². The molecule has 28 heavy (non-hydrogen) atoms. The molecule has 0 aromatic heterocycles. The lowest BCUT2D eigenvalue weighted by molar-refractivity contribution is -0.118. The lowest BCUT2D eigenvalue weighted by Crippen LogP contribution is -2.23. The molecule has 0 radical (unpaired) electrons. The monoisotopic (exact) mass is 382 g/mol. The maximum absolute atomic E-state index is 13.5. The summed E-state index contributed by atoms with van der Waals surface area (Å²) in [4.78, 5) is 24.6. The molecule has 0 atom stereocenters. The van der Waals surface area contributed by atoms with Crippen LogP contribution in [0.4, 0.5) is 20.2 Å². The second-order valence-electron chi connectivity index (χ2n) is 5.77. The topological polar surface area (TPSA) is 67.4 Å². The quantitative estimate of drug-likeness (QED) is 0.670. The van der Waals surface area contributed by atoms with Gasteiger partial charge in [-0.15, -0.1) is 0 Å². The Labute approximate surface area is 160 Å². The first-order valence-corrected chi connectivity index (χ1v) is 8.36. The van der Waals surface area contributed by atoms with Crippen LogP contribution in [0.25, 0.3) is 0 Å². The zero-order valence-electron chi connectivity index (χ0n) is 14.6. The van der Waals surface area contributed by atoms with Crippen LogP contribution in [0.2, 0.25) is 0 Å². The van der Waals surface area contributed by atoms with Gasteiger partial charge in [-0.25, -0.2) is 8.78 Å². The number of benzene rings is 3. The molecule has 7 heteroatoms. The fourth-order valence-electron chi connectivity index (χ4n) is 2.41. The minimum absolute atomic E-state index is 0.0417. The van der Waals surface area contributed by atoms with E-state index in [0.29, 0.717) is 5.69 Å². The van der Waals surface area contributed by atoms with Crippen LogP contribution in [0, 0.1) is 11.6 Å². The summed E-state index contributed by atoms with van der Waals surface area (Å²) in [5.41, 5.74) is 0.894. The first kappa shape index (κ1) is 19.0. The molecule has 0 saturated heterocycles. The Kier molecular flexibility index (Phi) is 5.96. The molecule has 3 aromatic rings. The smallest absolute Gasteiger partial charge is 0.262 e. The zero-order chi connectivity index (χ0) is 19.9. The molecule has 3 rings (SSSR count). The van der Waals surface area contributed by atoms with Crippen LogP contribution < -0.4 is 15.4 Å². The molecule has 0 saturated carbocycles. The molecule has 0 heterocycles. The van der Waals surface area contributed by atoms with Crippen LogP contribution in [-0.4, -0.2) is 18.4 Å². The molecule has 5 nitrogen and oxygen atoms in total. The van der Waals surface area contributed by atoms with Crippen molar-refractivity contribution >= 4 is 23.2 Å². The van der Waals surface area contributed by atoms with E-state index in [-0.39, 0.29) is 17.0 Å². The van der Waals surface area contributed by atoms with Gasteiger partial charge in [0.05, 0.1) is 11.3 Å². The fourth-order valence-corrected chi connectivity index (χ4v) is 2.41. The Hall–Kier alpha value is -3.74. The van der Waals surface area contributed by atoms with Crippen molar-refractivity contribution in [3.05, 3.63) is 90.0 Å². The number of hydrogen-bond donors (Lipinski definition) is 2. The summed E-state index contributed by atoms with van der Waals surface area (Å²) in [6.45, 7) is -0.422. The predicted octanol–water partition coefficient (Wildman–Crippen LogP) is 4.23. The highest BCUT2D eigenvalue weighted by Crippen LogP contribution is 2.19. The van der Waals surface area contributed by atoms with Gasteiger partial charge < -0.3 is 15.4 Å². The number of anilines is 2. The number of hydrogen-bond acceptors (Lipinski definition) is 3. The Balaban J connectivity index is 1.66. The average Bonchev–Trinajstić information content (AvgIpc) is 2.69. The number of para-hydroxylation sites is 2. The van der Waals surface area contributed by atoms with Crippen molar-refractivity contribution in [3.8, 4) is 5.75 Å². The van der Waals surface area contributed by atoms with E-state index in [4.69, 9.17) is 4.74 Å². The third-order valence-corrected chi connectivity index (χ3v) is 3.74. The molecule has 0 aliphatic heterocycles. The van der Waals surface area contributed by atoms with Gasteiger partial charge in [0.25, 0.3) is 11.8 Å². The van der Waals surface area contributed by atoms with E-state index in [1.165, 1.54) is 48.5 Å². The van der Waals surface area contributed by atoms with Gasteiger partial charge in [-0.2, -0.15) is 0 Å². The summed E-state index contributed by atoms with van der Waals surface area (Å²) in [5.74, 6) is -2.06. The summed E-state index contributed by atoms with van der Waals surface area (Å²) in [7, 11) is 0. The van der Waals surface area contributed by atoms with Crippen molar-refractivity contribution < 1.29 is 23.1 Å². The summed E-state index contributed by atoms with van der Waals surface area (Å²) >= 11 is 0. The molecule has 2 N–H and O–H groups in total. The highest BCUT2D eigenvalue weighted by Gasteiger charge is 2.14. The van der Waals surface area contributed by atoms with E-state index in [1.807, 2.05) is 0 Å². The van der Waals surface area contributed by atoms with E-state index in [2.05, 4.69) is 10.6 Å². The minimum Gasteiger partial charge on any atom is -0.481 e. The van der Waals surface area contributed by atoms with E-state index < -0.39 is 30.1 Å². The summed E-state index contributed by atoms with van der Waals surface area (Å²) in [6.07, 6.45) is 0. The largest absolute Gasteiger partial charge is 0.481 e. The number of rotatable bonds is 6. The summed E-state index contributed by atoms with van der Waals surface area (Å²) < 4.78 is 31.7. The predicted molar refractivity (Wildman–Crippen MR) is 101 cm³/mol. The fraction of sp³-hybridized carbons (Fsp3) is 0.0476. The maximum Gasteiger partial charge on any atom is 0.262 e. The zero-order valence-corrected chi connectivity index (χ0v) is 14.6. The van der Waals surface area contributed by atoms with Crippen molar-refractivity contribution in [2.75, 3.05) is 17.2 Å². The summed E-state index contributed by atoms with van der Waals surface area (Å²) in [6, 6.07) is 17.4. The van der Waals surface area contributed by atoms with E-state index >= 15 is 0 Å². The highest BCUT2D eigenvalue weighted by atomic mass is 19.1. The van der Waals surface area contributed by atoms with Crippen LogP contribution in [0.1, 0.15) is 10.4 Å². The van der Waals surface area contributed by atoms with Gasteiger partial charge in [-0.3, -0.25) is 9.59 Å². The first-order valence-electron chi connectivity index (χ1n) is 8.36. The number of halogens is 2. The third kappa shape index (κ3) is 4.91.